The summed E-state index contributed by atoms with van der Waals surface area (Å²) < 4.78 is 10.2. The number of halogens is 1. The summed E-state index contributed by atoms with van der Waals surface area (Å²) in [5.74, 6) is -1.03. The fourth-order valence-electron chi connectivity index (χ4n) is 2.41. The third kappa shape index (κ3) is 5.82. The van der Waals surface area contributed by atoms with Gasteiger partial charge in [-0.15, -0.1) is 0 Å². The van der Waals surface area contributed by atoms with Crippen LogP contribution in [-0.2, 0) is 9.53 Å². The lowest BCUT2D eigenvalue weighted by Crippen LogP contribution is -2.45. The summed E-state index contributed by atoms with van der Waals surface area (Å²) in [5, 5.41) is 3.15. The van der Waals surface area contributed by atoms with Crippen molar-refractivity contribution >= 4 is 29.3 Å². The van der Waals surface area contributed by atoms with Crippen LogP contribution in [0.4, 0.5) is 0 Å². The second-order valence-electron chi connectivity index (χ2n) is 6.46. The second kappa shape index (κ2) is 9.90. The zero-order valence-electron chi connectivity index (χ0n) is 15.9. The van der Waals surface area contributed by atoms with Crippen molar-refractivity contribution in [2.24, 2.45) is 5.92 Å². The van der Waals surface area contributed by atoms with Gasteiger partial charge in [0.1, 0.15) is 11.8 Å². The molecule has 1 atom stereocenters. The average molecular weight is 404 g/mol. The van der Waals surface area contributed by atoms with Crippen LogP contribution >= 0.6 is 11.6 Å². The molecule has 0 aliphatic carbocycles. The molecule has 28 heavy (non-hydrogen) atoms. The van der Waals surface area contributed by atoms with E-state index < -0.39 is 24.5 Å². The number of carbonyl (C=O) groups excluding carboxylic acids is 3. The Kier molecular flexibility index (Phi) is 7.58. The van der Waals surface area contributed by atoms with Crippen molar-refractivity contribution in [1.29, 1.82) is 0 Å². The van der Waals surface area contributed by atoms with Gasteiger partial charge in [0.2, 0.25) is 0 Å². The van der Waals surface area contributed by atoms with Crippen molar-refractivity contribution in [3.63, 3.8) is 0 Å². The molecule has 1 amide bonds. The van der Waals surface area contributed by atoms with Crippen LogP contribution in [0.5, 0.6) is 5.75 Å². The van der Waals surface area contributed by atoms with Crippen LogP contribution in [-0.4, -0.2) is 37.4 Å². The molecule has 0 aliphatic rings. The molecule has 0 unspecified atom stereocenters. The monoisotopic (exact) mass is 403 g/mol. The molecule has 0 bridgehead atoms. The molecule has 148 valence electrons. The largest absolute Gasteiger partial charge is 0.497 e. The molecule has 7 heteroatoms. The highest BCUT2D eigenvalue weighted by Crippen LogP contribution is 2.13. The minimum absolute atomic E-state index is 0.222. The second-order valence-corrected chi connectivity index (χ2v) is 6.90. The summed E-state index contributed by atoms with van der Waals surface area (Å²) >= 11 is 5.82. The van der Waals surface area contributed by atoms with Gasteiger partial charge in [0.15, 0.2) is 12.4 Å². The number of ether oxygens (including phenoxy) is 2. The first-order valence-electron chi connectivity index (χ1n) is 8.72. The molecule has 2 rings (SSSR count). The number of esters is 1. The summed E-state index contributed by atoms with van der Waals surface area (Å²) in [6, 6.07) is 11.9. The maximum atomic E-state index is 12.4. The minimum Gasteiger partial charge on any atom is -0.497 e. The van der Waals surface area contributed by atoms with Crippen LogP contribution in [0.3, 0.4) is 0 Å². The fraction of sp³-hybridized carbons (Fsp3) is 0.286. The summed E-state index contributed by atoms with van der Waals surface area (Å²) in [6.45, 7) is 3.14. The molecule has 0 spiro atoms. The topological polar surface area (TPSA) is 81.7 Å². The van der Waals surface area contributed by atoms with Gasteiger partial charge in [0, 0.05) is 16.1 Å². The number of benzene rings is 2. The molecule has 0 saturated heterocycles. The van der Waals surface area contributed by atoms with Crippen LogP contribution < -0.4 is 10.1 Å². The van der Waals surface area contributed by atoms with Gasteiger partial charge in [-0.3, -0.25) is 9.59 Å². The van der Waals surface area contributed by atoms with Crippen LogP contribution in [0.15, 0.2) is 48.5 Å². The highest BCUT2D eigenvalue weighted by Gasteiger charge is 2.27. The van der Waals surface area contributed by atoms with Crippen molar-refractivity contribution in [2.75, 3.05) is 13.7 Å². The van der Waals surface area contributed by atoms with E-state index in [2.05, 4.69) is 5.32 Å². The van der Waals surface area contributed by atoms with Gasteiger partial charge in [0.25, 0.3) is 5.91 Å². The Morgan fingerprint density at radius 1 is 0.964 bits per heavy atom. The number of ketones is 1. The third-order valence-electron chi connectivity index (χ3n) is 4.07. The molecule has 1 N–H and O–H groups in total. The molecule has 0 fully saturated rings. The first kappa shape index (κ1) is 21.4. The quantitative estimate of drug-likeness (QED) is 0.538. The van der Waals surface area contributed by atoms with Gasteiger partial charge in [-0.1, -0.05) is 25.4 Å². The van der Waals surface area contributed by atoms with Gasteiger partial charge in [-0.2, -0.15) is 0 Å². The van der Waals surface area contributed by atoms with Gasteiger partial charge in [-0.05, 0) is 54.4 Å². The number of rotatable bonds is 8. The Bertz CT molecular complexity index is 831. The number of nitrogens with one attached hydrogen (secondary N) is 1. The Hall–Kier alpha value is -2.86. The van der Waals surface area contributed by atoms with E-state index in [1.165, 1.54) is 7.11 Å². The number of hydrogen-bond acceptors (Lipinski definition) is 5. The highest BCUT2D eigenvalue weighted by atomic mass is 35.5. The maximum Gasteiger partial charge on any atom is 0.329 e. The SMILES string of the molecule is COc1ccc(C(=O)COC(=O)[C@@H](NC(=O)c2ccc(Cl)cc2)C(C)C)cc1. The van der Waals surface area contributed by atoms with E-state index in [4.69, 9.17) is 21.1 Å². The van der Waals surface area contributed by atoms with E-state index >= 15 is 0 Å². The molecule has 2 aromatic rings. The summed E-state index contributed by atoms with van der Waals surface area (Å²) in [5.41, 5.74) is 0.775. The predicted octanol–water partition coefficient (Wildman–Crippen LogP) is 3.53. The first-order chi connectivity index (χ1) is 13.3. The van der Waals surface area contributed by atoms with Gasteiger partial charge < -0.3 is 14.8 Å². The molecular formula is C21H22ClNO5. The van der Waals surface area contributed by atoms with E-state index in [1.54, 1.807) is 62.4 Å². The summed E-state index contributed by atoms with van der Waals surface area (Å²) in [4.78, 5) is 37.0. The van der Waals surface area contributed by atoms with Crippen molar-refractivity contribution in [3.8, 4) is 5.75 Å². The average Bonchev–Trinajstić information content (AvgIpc) is 2.70. The molecule has 0 aromatic heterocycles. The van der Waals surface area contributed by atoms with Crippen molar-refractivity contribution < 1.29 is 23.9 Å². The molecule has 2 aromatic carbocycles. The number of methoxy groups -OCH3 is 1. The van der Waals surface area contributed by atoms with Crippen LogP contribution in [0, 0.1) is 5.92 Å². The molecule has 0 heterocycles. The smallest absolute Gasteiger partial charge is 0.329 e. The summed E-state index contributed by atoms with van der Waals surface area (Å²) in [7, 11) is 1.53. The molecule has 0 radical (unpaired) electrons. The lowest BCUT2D eigenvalue weighted by molar-refractivity contribution is -0.145. The zero-order valence-corrected chi connectivity index (χ0v) is 16.7. The Morgan fingerprint density at radius 3 is 2.07 bits per heavy atom. The van der Waals surface area contributed by atoms with E-state index in [0.29, 0.717) is 21.9 Å². The molecular weight excluding hydrogens is 382 g/mol. The minimum atomic E-state index is -0.883. The zero-order chi connectivity index (χ0) is 20.7. The number of hydrogen-bond donors (Lipinski definition) is 1. The van der Waals surface area contributed by atoms with Crippen LogP contribution in [0.1, 0.15) is 34.6 Å². The number of Topliss-reactive ketones (excluding diaryl/α,β-unsaturated/α-hetero) is 1. The molecule has 0 saturated carbocycles. The first-order valence-corrected chi connectivity index (χ1v) is 9.10. The summed E-state index contributed by atoms with van der Waals surface area (Å²) in [6.07, 6.45) is 0. The normalized spacial score (nSPS) is 11.6. The lowest BCUT2D eigenvalue weighted by atomic mass is 10.0. The van der Waals surface area contributed by atoms with Crippen molar-refractivity contribution in [2.45, 2.75) is 19.9 Å². The Morgan fingerprint density at radius 2 is 1.54 bits per heavy atom. The van der Waals surface area contributed by atoms with Crippen LogP contribution in [0.25, 0.3) is 0 Å². The predicted molar refractivity (Wildman–Crippen MR) is 106 cm³/mol. The standard InChI is InChI=1S/C21H22ClNO5/c1-13(2)19(23-20(25)15-4-8-16(22)9-5-15)21(26)28-12-18(24)14-6-10-17(27-3)11-7-14/h4-11,13,19H,12H2,1-3H3,(H,23,25)/t19-/m0/s1. The Labute approximate surface area is 168 Å². The van der Waals surface area contributed by atoms with Crippen molar-refractivity contribution in [3.05, 3.63) is 64.7 Å². The highest BCUT2D eigenvalue weighted by molar-refractivity contribution is 6.30. The van der Waals surface area contributed by atoms with Gasteiger partial charge in [-0.25, -0.2) is 4.79 Å². The van der Waals surface area contributed by atoms with E-state index in [1.807, 2.05) is 0 Å². The van der Waals surface area contributed by atoms with Crippen molar-refractivity contribution in [1.82, 2.24) is 5.32 Å². The van der Waals surface area contributed by atoms with E-state index in [-0.39, 0.29) is 11.7 Å². The van der Waals surface area contributed by atoms with Crippen LogP contribution in [0.2, 0.25) is 5.02 Å². The Balaban J connectivity index is 1.97. The molecule has 0 aliphatic heterocycles. The fourth-order valence-corrected chi connectivity index (χ4v) is 2.54. The lowest BCUT2D eigenvalue weighted by Gasteiger charge is -2.20. The van der Waals surface area contributed by atoms with E-state index in [0.717, 1.165) is 0 Å². The third-order valence-corrected chi connectivity index (χ3v) is 4.32. The molecule has 6 nitrogen and oxygen atoms in total. The van der Waals surface area contributed by atoms with Gasteiger partial charge in [0.05, 0.1) is 7.11 Å². The maximum absolute atomic E-state index is 12.4. The van der Waals surface area contributed by atoms with E-state index in [9.17, 15) is 14.4 Å². The number of carbonyl (C=O) groups is 3. The van der Waals surface area contributed by atoms with Gasteiger partial charge >= 0.3 is 5.97 Å². The number of amides is 1.